The highest BCUT2D eigenvalue weighted by Gasteiger charge is 2.24. The zero-order valence-corrected chi connectivity index (χ0v) is 10.2. The van der Waals surface area contributed by atoms with Gasteiger partial charge in [-0.15, -0.1) is 0 Å². The lowest BCUT2D eigenvalue weighted by Crippen LogP contribution is -2.10. The number of hydrogen-bond donors (Lipinski definition) is 0. The topological polar surface area (TPSA) is 23.8 Å². The van der Waals surface area contributed by atoms with Gasteiger partial charge in [-0.25, -0.2) is 0 Å². The number of thioether (sulfide) groups is 1. The van der Waals surface area contributed by atoms with Gasteiger partial charge in [-0.3, -0.25) is 0 Å². The van der Waals surface area contributed by atoms with Gasteiger partial charge in [0.15, 0.2) is 0 Å². The second-order valence-electron chi connectivity index (χ2n) is 4.65. The predicted molar refractivity (Wildman–Crippen MR) is 63.2 cm³/mol. The second-order valence-corrected chi connectivity index (χ2v) is 5.68. The normalized spacial score (nSPS) is 25.3. The van der Waals surface area contributed by atoms with E-state index < -0.39 is 0 Å². The first kappa shape index (κ1) is 11.7. The van der Waals surface area contributed by atoms with Gasteiger partial charge in [0.05, 0.1) is 12.0 Å². The quantitative estimate of drug-likeness (QED) is 0.663. The van der Waals surface area contributed by atoms with Crippen LogP contribution in [0.15, 0.2) is 11.6 Å². The van der Waals surface area contributed by atoms with Gasteiger partial charge in [0.1, 0.15) is 0 Å². The molecule has 1 fully saturated rings. The minimum absolute atomic E-state index is 0.177. The van der Waals surface area contributed by atoms with Gasteiger partial charge >= 0.3 is 0 Å². The fourth-order valence-corrected chi connectivity index (χ4v) is 3.15. The van der Waals surface area contributed by atoms with E-state index >= 15 is 0 Å². The van der Waals surface area contributed by atoms with Crippen molar-refractivity contribution in [2.45, 2.75) is 33.6 Å². The first-order valence-electron chi connectivity index (χ1n) is 5.28. The Morgan fingerprint density at radius 1 is 1.64 bits per heavy atom. The highest BCUT2D eigenvalue weighted by atomic mass is 32.2. The summed E-state index contributed by atoms with van der Waals surface area (Å²) in [6.45, 7) is 6.74. The fraction of sp³-hybridized carbons (Fsp3) is 0.750. The van der Waals surface area contributed by atoms with Crippen LogP contribution in [0.1, 0.15) is 33.6 Å². The Morgan fingerprint density at radius 3 is 2.93 bits per heavy atom. The summed E-state index contributed by atoms with van der Waals surface area (Å²) in [6, 6.07) is 2.39. The molecule has 0 aliphatic carbocycles. The molecule has 0 aromatic heterocycles. The molecule has 1 aliphatic rings. The van der Waals surface area contributed by atoms with Crippen LogP contribution < -0.4 is 0 Å². The van der Waals surface area contributed by atoms with E-state index in [9.17, 15) is 0 Å². The van der Waals surface area contributed by atoms with E-state index in [1.807, 2.05) is 11.8 Å². The first-order valence-corrected chi connectivity index (χ1v) is 6.43. The van der Waals surface area contributed by atoms with Gasteiger partial charge in [-0.05, 0) is 17.4 Å². The van der Waals surface area contributed by atoms with Crippen molar-refractivity contribution in [1.29, 1.82) is 5.26 Å². The zero-order chi connectivity index (χ0) is 10.6. The number of rotatable bonds is 3. The Morgan fingerprint density at radius 2 is 2.36 bits per heavy atom. The Kier molecular flexibility index (Phi) is 4.07. The average Bonchev–Trinajstić information content (AvgIpc) is 2.50. The van der Waals surface area contributed by atoms with Crippen molar-refractivity contribution in [3.63, 3.8) is 0 Å². The highest BCUT2D eigenvalue weighted by Crippen LogP contribution is 2.34. The van der Waals surface area contributed by atoms with E-state index in [-0.39, 0.29) is 11.3 Å². The molecule has 1 atom stereocenters. The summed E-state index contributed by atoms with van der Waals surface area (Å²) in [7, 11) is 0. The molecule has 2 heteroatoms. The van der Waals surface area contributed by atoms with E-state index in [0.717, 1.165) is 11.5 Å². The van der Waals surface area contributed by atoms with Crippen LogP contribution in [0.5, 0.6) is 0 Å². The van der Waals surface area contributed by atoms with Gasteiger partial charge in [0, 0.05) is 11.5 Å². The third-order valence-electron chi connectivity index (χ3n) is 2.63. The Labute approximate surface area is 91.6 Å². The minimum atomic E-state index is 0.177. The molecule has 1 saturated heterocycles. The molecule has 0 radical (unpaired) electrons. The Balaban J connectivity index is 2.71. The maximum absolute atomic E-state index is 8.96. The van der Waals surface area contributed by atoms with Gasteiger partial charge in [-0.1, -0.05) is 33.3 Å². The van der Waals surface area contributed by atoms with Crippen LogP contribution in [0.3, 0.4) is 0 Å². The van der Waals surface area contributed by atoms with Crippen LogP contribution in [-0.2, 0) is 0 Å². The molecule has 0 amide bonds. The van der Waals surface area contributed by atoms with Gasteiger partial charge in [0.25, 0.3) is 0 Å². The first-order chi connectivity index (χ1) is 6.59. The fourth-order valence-electron chi connectivity index (χ4n) is 1.98. The van der Waals surface area contributed by atoms with Crippen LogP contribution in [0.25, 0.3) is 0 Å². The summed E-state index contributed by atoms with van der Waals surface area (Å²) in [5, 5.41) is 8.96. The number of hydrogen-bond acceptors (Lipinski definition) is 2. The van der Waals surface area contributed by atoms with Crippen LogP contribution in [0.4, 0.5) is 0 Å². The molecule has 0 aromatic rings. The number of nitrogens with zero attached hydrogens (tertiary/aromatic N) is 1. The van der Waals surface area contributed by atoms with Crippen LogP contribution in [0.2, 0.25) is 0 Å². The molecule has 0 aromatic carbocycles. The Hall–Kier alpha value is -0.420. The monoisotopic (exact) mass is 209 g/mol. The zero-order valence-electron chi connectivity index (χ0n) is 9.34. The van der Waals surface area contributed by atoms with Crippen molar-refractivity contribution in [2.24, 2.45) is 11.3 Å². The van der Waals surface area contributed by atoms with Crippen molar-refractivity contribution in [1.82, 2.24) is 0 Å². The summed E-state index contributed by atoms with van der Waals surface area (Å²) in [5.41, 5.74) is 1.63. The lowest BCUT2D eigenvalue weighted by molar-refractivity contribution is 0.427. The summed E-state index contributed by atoms with van der Waals surface area (Å²) in [4.78, 5) is 0. The smallest absolute Gasteiger partial charge is 0.0771 e. The van der Waals surface area contributed by atoms with Crippen LogP contribution >= 0.6 is 11.8 Å². The van der Waals surface area contributed by atoms with Crippen molar-refractivity contribution in [2.75, 3.05) is 11.5 Å². The Bertz CT molecular complexity index is 260. The summed E-state index contributed by atoms with van der Waals surface area (Å²) >= 11 is 1.88. The molecular formula is C12H19NS. The molecule has 0 spiro atoms. The number of allylic oxidation sites excluding steroid dienone is 1. The highest BCUT2D eigenvalue weighted by molar-refractivity contribution is 7.99. The van der Waals surface area contributed by atoms with E-state index in [1.165, 1.54) is 18.4 Å². The van der Waals surface area contributed by atoms with Gasteiger partial charge in [-0.2, -0.15) is 17.0 Å². The van der Waals surface area contributed by atoms with Gasteiger partial charge in [0.2, 0.25) is 0 Å². The summed E-state index contributed by atoms with van der Waals surface area (Å²) < 4.78 is 0. The SMILES string of the molecule is CCCC(C)(C)/C=C1/CSCC1C#N. The lowest BCUT2D eigenvalue weighted by atomic mass is 9.84. The summed E-state index contributed by atoms with van der Waals surface area (Å²) in [6.07, 6.45) is 4.75. The van der Waals surface area contributed by atoms with E-state index in [0.29, 0.717) is 0 Å². The van der Waals surface area contributed by atoms with E-state index in [4.69, 9.17) is 5.26 Å². The average molecular weight is 209 g/mol. The predicted octanol–water partition coefficient (Wildman–Crippen LogP) is 3.63. The van der Waals surface area contributed by atoms with Gasteiger partial charge < -0.3 is 0 Å². The third kappa shape index (κ3) is 3.06. The van der Waals surface area contributed by atoms with Crippen LogP contribution in [-0.4, -0.2) is 11.5 Å². The van der Waals surface area contributed by atoms with Crippen molar-refractivity contribution in [3.05, 3.63) is 11.6 Å². The second kappa shape index (κ2) is 4.89. The molecule has 1 rings (SSSR count). The molecule has 14 heavy (non-hydrogen) atoms. The molecule has 78 valence electrons. The molecule has 1 aliphatic heterocycles. The van der Waals surface area contributed by atoms with E-state index in [2.05, 4.69) is 32.9 Å². The number of nitriles is 1. The molecular weight excluding hydrogens is 190 g/mol. The molecule has 1 unspecified atom stereocenters. The summed E-state index contributed by atoms with van der Waals surface area (Å²) in [5.74, 6) is 2.23. The molecule has 1 heterocycles. The lowest BCUT2D eigenvalue weighted by Gasteiger charge is -2.21. The van der Waals surface area contributed by atoms with E-state index in [1.54, 1.807) is 0 Å². The van der Waals surface area contributed by atoms with Crippen molar-refractivity contribution >= 4 is 11.8 Å². The standard InChI is InChI=1S/C12H19NS/c1-4-5-12(2,3)6-10-8-14-9-11(10)7-13/h6,11H,4-5,8-9H2,1-3H3/b10-6-. The molecule has 1 nitrogen and oxygen atoms in total. The molecule has 0 saturated carbocycles. The third-order valence-corrected chi connectivity index (χ3v) is 3.73. The minimum Gasteiger partial charge on any atom is -0.198 e. The molecule has 0 bridgehead atoms. The van der Waals surface area contributed by atoms with Crippen LogP contribution in [0, 0.1) is 22.7 Å². The maximum Gasteiger partial charge on any atom is 0.0771 e. The molecule has 0 N–H and O–H groups in total. The maximum atomic E-state index is 8.96. The largest absolute Gasteiger partial charge is 0.198 e. The van der Waals surface area contributed by atoms with Crippen molar-refractivity contribution in [3.8, 4) is 6.07 Å². The van der Waals surface area contributed by atoms with Crippen molar-refractivity contribution < 1.29 is 0 Å².